The largest absolute Gasteiger partial charge is 0.415 e. The van der Waals surface area contributed by atoms with Crippen LogP contribution in [0, 0.1) is 13.8 Å². The van der Waals surface area contributed by atoms with Crippen LogP contribution in [-0.4, -0.2) is 36.4 Å². The van der Waals surface area contributed by atoms with Gasteiger partial charge in [0.2, 0.25) is 5.89 Å². The molecule has 134 valence electrons. The van der Waals surface area contributed by atoms with E-state index in [0.29, 0.717) is 5.89 Å². The molecule has 0 atom stereocenters. The van der Waals surface area contributed by atoms with Gasteiger partial charge in [-0.2, -0.15) is 0 Å². The van der Waals surface area contributed by atoms with Gasteiger partial charge in [-0.15, -0.1) is 10.2 Å². The van der Waals surface area contributed by atoms with Crippen LogP contribution >= 0.6 is 0 Å². The lowest BCUT2D eigenvalue weighted by atomic mass is 10.1. The van der Waals surface area contributed by atoms with Crippen molar-refractivity contribution in [2.45, 2.75) is 20.4 Å². The van der Waals surface area contributed by atoms with Gasteiger partial charge in [0.25, 0.3) is 5.89 Å². The number of nitrogens with one attached hydrogen (secondary N) is 1. The van der Waals surface area contributed by atoms with E-state index in [1.165, 1.54) is 21.7 Å². The Labute approximate surface area is 154 Å². The Morgan fingerprint density at radius 3 is 2.50 bits per heavy atom. The fourth-order valence-corrected chi connectivity index (χ4v) is 3.56. The normalized spacial score (nSPS) is 15.4. The Kier molecular flexibility index (Phi) is 4.71. The Hall–Kier alpha value is -2.66. The van der Waals surface area contributed by atoms with E-state index in [-0.39, 0.29) is 0 Å². The lowest BCUT2D eigenvalue weighted by Crippen LogP contribution is -3.13. The third kappa shape index (κ3) is 3.48. The van der Waals surface area contributed by atoms with Crippen molar-refractivity contribution in [1.29, 1.82) is 0 Å². The van der Waals surface area contributed by atoms with Crippen molar-refractivity contribution < 1.29 is 9.32 Å². The molecule has 2 heterocycles. The van der Waals surface area contributed by atoms with Crippen molar-refractivity contribution in [3.05, 3.63) is 65.5 Å². The second-order valence-corrected chi connectivity index (χ2v) is 7.00. The van der Waals surface area contributed by atoms with Crippen LogP contribution in [0.15, 0.2) is 52.9 Å². The molecule has 0 unspecified atom stereocenters. The minimum Gasteiger partial charge on any atom is -0.415 e. The summed E-state index contributed by atoms with van der Waals surface area (Å²) in [5.41, 5.74) is 5.09. The first-order chi connectivity index (χ1) is 12.7. The third-order valence-electron chi connectivity index (χ3n) is 5.28. The van der Waals surface area contributed by atoms with Gasteiger partial charge in [0.05, 0.1) is 26.2 Å². The van der Waals surface area contributed by atoms with E-state index in [9.17, 15) is 0 Å². The van der Waals surface area contributed by atoms with E-state index in [2.05, 4.69) is 47.1 Å². The molecule has 1 saturated heterocycles. The minimum absolute atomic E-state index is 0.606. The molecular weight excluding hydrogens is 324 g/mol. The van der Waals surface area contributed by atoms with Gasteiger partial charge >= 0.3 is 0 Å². The van der Waals surface area contributed by atoms with E-state index >= 15 is 0 Å². The number of piperazine rings is 1. The number of rotatable bonds is 4. The Bertz CT molecular complexity index is 867. The lowest BCUT2D eigenvalue weighted by Gasteiger charge is -2.34. The zero-order valence-corrected chi connectivity index (χ0v) is 15.4. The molecule has 3 aromatic rings. The van der Waals surface area contributed by atoms with Crippen molar-refractivity contribution in [1.82, 2.24) is 10.2 Å². The molecule has 5 heteroatoms. The fourth-order valence-electron chi connectivity index (χ4n) is 3.56. The van der Waals surface area contributed by atoms with Crippen molar-refractivity contribution in [3.8, 4) is 11.5 Å². The summed E-state index contributed by atoms with van der Waals surface area (Å²) in [7, 11) is 0. The standard InChI is InChI=1S/C21H24N4O/c1-16-7-6-10-19(17(16)2)25-13-11-24(12-14-25)15-20-22-23-21(26-20)18-8-4-3-5-9-18/h3-10H,11-15H2,1-2H3/p+1. The summed E-state index contributed by atoms with van der Waals surface area (Å²) in [5.74, 6) is 1.33. The summed E-state index contributed by atoms with van der Waals surface area (Å²) in [6.07, 6.45) is 0. The second-order valence-electron chi connectivity index (χ2n) is 7.00. The molecule has 4 rings (SSSR count). The number of quaternary nitrogens is 1. The van der Waals surface area contributed by atoms with Crippen LogP contribution in [0.1, 0.15) is 17.0 Å². The molecule has 26 heavy (non-hydrogen) atoms. The molecule has 0 spiro atoms. The molecule has 0 aliphatic carbocycles. The van der Waals surface area contributed by atoms with Gasteiger partial charge in [-0.3, -0.25) is 0 Å². The maximum absolute atomic E-state index is 5.86. The predicted octanol–water partition coefficient (Wildman–Crippen LogP) is 2.26. The molecule has 0 amide bonds. The monoisotopic (exact) mass is 349 g/mol. The molecule has 0 saturated carbocycles. The van der Waals surface area contributed by atoms with Gasteiger partial charge in [0, 0.05) is 11.3 Å². The Balaban J connectivity index is 1.37. The summed E-state index contributed by atoms with van der Waals surface area (Å²) in [6.45, 7) is 9.46. The maximum Gasteiger partial charge on any atom is 0.271 e. The van der Waals surface area contributed by atoms with E-state index in [4.69, 9.17) is 4.42 Å². The highest BCUT2D eigenvalue weighted by atomic mass is 16.4. The number of aromatic nitrogens is 2. The van der Waals surface area contributed by atoms with E-state index in [1.807, 2.05) is 30.3 Å². The molecule has 1 fully saturated rings. The average molecular weight is 349 g/mol. The number of aryl methyl sites for hydroxylation is 1. The average Bonchev–Trinajstić information content (AvgIpc) is 3.14. The summed E-state index contributed by atoms with van der Waals surface area (Å²) in [4.78, 5) is 3.99. The van der Waals surface area contributed by atoms with E-state index in [0.717, 1.165) is 44.2 Å². The van der Waals surface area contributed by atoms with Crippen LogP contribution in [0.2, 0.25) is 0 Å². The first kappa shape index (κ1) is 16.8. The molecule has 1 aliphatic heterocycles. The first-order valence-corrected chi connectivity index (χ1v) is 9.23. The molecule has 1 N–H and O–H groups in total. The summed E-state index contributed by atoms with van der Waals surface area (Å²) < 4.78 is 5.86. The SMILES string of the molecule is Cc1cccc(N2CC[NH+](Cc3nnc(-c4ccccc4)o3)CC2)c1C. The molecule has 5 nitrogen and oxygen atoms in total. The Morgan fingerprint density at radius 1 is 0.962 bits per heavy atom. The van der Waals surface area contributed by atoms with E-state index in [1.54, 1.807) is 0 Å². The van der Waals surface area contributed by atoms with Gasteiger partial charge in [-0.25, -0.2) is 0 Å². The predicted molar refractivity (Wildman–Crippen MR) is 102 cm³/mol. The Morgan fingerprint density at radius 2 is 1.73 bits per heavy atom. The zero-order chi connectivity index (χ0) is 17.9. The fraction of sp³-hybridized carbons (Fsp3) is 0.333. The zero-order valence-electron chi connectivity index (χ0n) is 15.4. The quantitative estimate of drug-likeness (QED) is 0.785. The molecule has 0 bridgehead atoms. The van der Waals surface area contributed by atoms with Gasteiger partial charge in [-0.1, -0.05) is 30.3 Å². The van der Waals surface area contributed by atoms with Gasteiger partial charge in [-0.05, 0) is 43.2 Å². The van der Waals surface area contributed by atoms with Crippen LogP contribution in [0.25, 0.3) is 11.5 Å². The van der Waals surface area contributed by atoms with Crippen LogP contribution in [0.5, 0.6) is 0 Å². The van der Waals surface area contributed by atoms with Crippen LogP contribution < -0.4 is 9.80 Å². The van der Waals surface area contributed by atoms with Crippen LogP contribution in [0.3, 0.4) is 0 Å². The highest BCUT2D eigenvalue weighted by Gasteiger charge is 2.23. The van der Waals surface area contributed by atoms with Crippen LogP contribution in [0.4, 0.5) is 5.69 Å². The van der Waals surface area contributed by atoms with E-state index < -0.39 is 0 Å². The topological polar surface area (TPSA) is 46.6 Å². The summed E-state index contributed by atoms with van der Waals surface area (Å²) in [5, 5.41) is 8.43. The second kappa shape index (κ2) is 7.30. The summed E-state index contributed by atoms with van der Waals surface area (Å²) in [6, 6.07) is 16.5. The molecule has 1 aromatic heterocycles. The maximum atomic E-state index is 5.86. The number of hydrogen-bond acceptors (Lipinski definition) is 4. The van der Waals surface area contributed by atoms with Gasteiger partial charge in [0.15, 0.2) is 6.54 Å². The highest BCUT2D eigenvalue weighted by Crippen LogP contribution is 2.22. The summed E-state index contributed by atoms with van der Waals surface area (Å²) >= 11 is 0. The number of benzene rings is 2. The number of nitrogens with zero attached hydrogens (tertiary/aromatic N) is 3. The third-order valence-corrected chi connectivity index (χ3v) is 5.28. The molecule has 1 aliphatic rings. The van der Waals surface area contributed by atoms with Crippen molar-refractivity contribution in [3.63, 3.8) is 0 Å². The van der Waals surface area contributed by atoms with Gasteiger partial charge in [0.1, 0.15) is 0 Å². The lowest BCUT2D eigenvalue weighted by molar-refractivity contribution is -0.915. The smallest absolute Gasteiger partial charge is 0.271 e. The highest BCUT2D eigenvalue weighted by molar-refractivity contribution is 5.56. The van der Waals surface area contributed by atoms with Crippen molar-refractivity contribution >= 4 is 5.69 Å². The van der Waals surface area contributed by atoms with Crippen molar-refractivity contribution in [2.75, 3.05) is 31.1 Å². The van der Waals surface area contributed by atoms with Gasteiger partial charge < -0.3 is 14.2 Å². The number of anilines is 1. The minimum atomic E-state index is 0.606. The molecule has 0 radical (unpaired) electrons. The van der Waals surface area contributed by atoms with Crippen molar-refractivity contribution in [2.24, 2.45) is 0 Å². The van der Waals surface area contributed by atoms with Crippen LogP contribution in [-0.2, 0) is 6.54 Å². The number of hydrogen-bond donors (Lipinski definition) is 1. The molecule has 2 aromatic carbocycles. The molecular formula is C21H25N4O+. The first-order valence-electron chi connectivity index (χ1n) is 9.23.